The van der Waals surface area contributed by atoms with Gasteiger partial charge in [0.25, 0.3) is 0 Å². The van der Waals surface area contributed by atoms with Gasteiger partial charge >= 0.3 is 0 Å². The smallest absolute Gasteiger partial charge is 0.120 e. The minimum atomic E-state index is -0.0398. The van der Waals surface area contributed by atoms with E-state index in [1.165, 1.54) is 0 Å². The molecule has 2 N–H and O–H groups in total. The summed E-state index contributed by atoms with van der Waals surface area (Å²) < 4.78 is 0. The van der Waals surface area contributed by atoms with Crippen LogP contribution in [-0.4, -0.2) is 46.3 Å². The Morgan fingerprint density at radius 1 is 1.09 bits per heavy atom. The van der Waals surface area contributed by atoms with E-state index in [-0.39, 0.29) is 6.61 Å². The summed E-state index contributed by atoms with van der Waals surface area (Å²) in [4.78, 5) is 8.70. The number of pyridine rings is 1. The van der Waals surface area contributed by atoms with E-state index in [9.17, 15) is 10.2 Å². The number of aromatic hydroxyl groups is 1. The van der Waals surface area contributed by atoms with Gasteiger partial charge in [-0.05, 0) is 30.3 Å². The Morgan fingerprint density at radius 3 is 2.61 bits per heavy atom. The van der Waals surface area contributed by atoms with Gasteiger partial charge in [0.05, 0.1) is 12.3 Å². The molecular weight excluding hydrogens is 314 g/mol. The summed E-state index contributed by atoms with van der Waals surface area (Å²) in [6.07, 6.45) is 1.73. The Bertz CT molecular complexity index is 673. The number of hydrogen-bond acceptors (Lipinski definition) is 5. The van der Waals surface area contributed by atoms with Crippen molar-refractivity contribution >= 4 is 17.3 Å². The fourth-order valence-corrected chi connectivity index (χ4v) is 3.03. The first-order valence-electron chi connectivity index (χ1n) is 7.66. The second kappa shape index (κ2) is 7.17. The van der Waals surface area contributed by atoms with Crippen LogP contribution in [0.25, 0.3) is 0 Å². The number of aliphatic hydroxyl groups excluding tert-OH is 1. The Balaban J connectivity index is 1.61. The molecule has 0 saturated carbocycles. The molecule has 2 heterocycles. The van der Waals surface area contributed by atoms with E-state index in [0.29, 0.717) is 23.0 Å². The van der Waals surface area contributed by atoms with Gasteiger partial charge in [0.1, 0.15) is 5.75 Å². The zero-order chi connectivity index (χ0) is 16.2. The van der Waals surface area contributed by atoms with Gasteiger partial charge in [-0.3, -0.25) is 9.88 Å². The van der Waals surface area contributed by atoms with Gasteiger partial charge < -0.3 is 15.1 Å². The third kappa shape index (κ3) is 3.93. The first kappa shape index (κ1) is 16.1. The van der Waals surface area contributed by atoms with Gasteiger partial charge in [0.2, 0.25) is 0 Å². The molecule has 3 rings (SSSR count). The van der Waals surface area contributed by atoms with Crippen molar-refractivity contribution < 1.29 is 10.2 Å². The SMILES string of the molecule is OCc1cc(N2CCN(Cc3cc(Cl)ccc3O)CC2)ccn1. The number of aliphatic hydroxyl groups is 1. The molecule has 0 spiro atoms. The Labute approximate surface area is 140 Å². The van der Waals surface area contributed by atoms with Crippen molar-refractivity contribution in [2.45, 2.75) is 13.2 Å². The Kier molecular flexibility index (Phi) is 5.00. The highest BCUT2D eigenvalue weighted by Gasteiger charge is 2.18. The van der Waals surface area contributed by atoms with E-state index in [1.807, 2.05) is 18.2 Å². The summed E-state index contributed by atoms with van der Waals surface area (Å²) in [5.74, 6) is 0.290. The number of rotatable bonds is 4. The lowest BCUT2D eigenvalue weighted by Gasteiger charge is -2.36. The first-order chi connectivity index (χ1) is 11.2. The molecule has 0 radical (unpaired) electrons. The fourth-order valence-electron chi connectivity index (χ4n) is 2.83. The predicted octanol–water partition coefficient (Wildman–Crippen LogP) is 2.26. The standard InChI is InChI=1S/C17H20ClN3O2/c18-14-1-2-17(23)13(9-14)11-20-5-7-21(8-6-20)16-3-4-19-15(10-16)12-22/h1-4,9-10,22-23H,5-8,11-12H2. The second-order valence-corrected chi connectivity index (χ2v) is 6.14. The summed E-state index contributed by atoms with van der Waals surface area (Å²) in [7, 11) is 0. The zero-order valence-electron chi connectivity index (χ0n) is 12.8. The minimum absolute atomic E-state index is 0.0398. The van der Waals surface area contributed by atoms with Crippen molar-refractivity contribution in [2.24, 2.45) is 0 Å². The number of hydrogen-bond donors (Lipinski definition) is 2. The fraction of sp³-hybridized carbons (Fsp3) is 0.353. The van der Waals surface area contributed by atoms with Crippen molar-refractivity contribution in [3.8, 4) is 5.75 Å². The van der Waals surface area contributed by atoms with Gasteiger partial charge in [-0.25, -0.2) is 0 Å². The van der Waals surface area contributed by atoms with E-state index in [4.69, 9.17) is 11.6 Å². The van der Waals surface area contributed by atoms with Crippen molar-refractivity contribution in [3.05, 3.63) is 52.8 Å². The maximum Gasteiger partial charge on any atom is 0.120 e. The summed E-state index contributed by atoms with van der Waals surface area (Å²) in [5.41, 5.74) is 2.64. The van der Waals surface area contributed by atoms with E-state index < -0.39 is 0 Å². The monoisotopic (exact) mass is 333 g/mol. The number of anilines is 1. The molecule has 0 amide bonds. The van der Waals surface area contributed by atoms with Crippen LogP contribution in [0.5, 0.6) is 5.75 Å². The third-order valence-corrected chi connectivity index (χ3v) is 4.37. The molecule has 0 atom stereocenters. The van der Waals surface area contributed by atoms with Crippen LogP contribution in [0.1, 0.15) is 11.3 Å². The molecule has 1 aromatic carbocycles. The highest BCUT2D eigenvalue weighted by Crippen LogP contribution is 2.24. The summed E-state index contributed by atoms with van der Waals surface area (Å²) >= 11 is 6.00. The van der Waals surface area contributed by atoms with Crippen LogP contribution < -0.4 is 4.90 Å². The quantitative estimate of drug-likeness (QED) is 0.898. The molecule has 1 aromatic heterocycles. The maximum atomic E-state index is 9.93. The molecule has 0 unspecified atom stereocenters. The average Bonchev–Trinajstić information content (AvgIpc) is 2.59. The molecule has 6 heteroatoms. The molecule has 5 nitrogen and oxygen atoms in total. The molecule has 1 aliphatic rings. The molecule has 1 saturated heterocycles. The lowest BCUT2D eigenvalue weighted by atomic mass is 10.1. The number of aromatic nitrogens is 1. The molecular formula is C17H20ClN3O2. The van der Waals surface area contributed by atoms with Gasteiger partial charge in [-0.1, -0.05) is 11.6 Å². The molecule has 122 valence electrons. The number of benzene rings is 1. The van der Waals surface area contributed by atoms with Crippen LogP contribution in [0.2, 0.25) is 5.02 Å². The number of piperazine rings is 1. The maximum absolute atomic E-state index is 9.93. The van der Waals surface area contributed by atoms with E-state index in [1.54, 1.807) is 18.3 Å². The molecule has 1 fully saturated rings. The van der Waals surface area contributed by atoms with Crippen molar-refractivity contribution in [2.75, 3.05) is 31.1 Å². The normalized spacial score (nSPS) is 15.8. The van der Waals surface area contributed by atoms with Gasteiger partial charge in [0, 0.05) is 55.2 Å². The number of nitrogens with zero attached hydrogens (tertiary/aromatic N) is 3. The van der Waals surface area contributed by atoms with Crippen LogP contribution in [0.15, 0.2) is 36.5 Å². The highest BCUT2D eigenvalue weighted by atomic mass is 35.5. The van der Waals surface area contributed by atoms with E-state index in [2.05, 4.69) is 14.8 Å². The average molecular weight is 334 g/mol. The lowest BCUT2D eigenvalue weighted by Crippen LogP contribution is -2.46. The van der Waals surface area contributed by atoms with Crippen LogP contribution in [0, 0.1) is 0 Å². The highest BCUT2D eigenvalue weighted by molar-refractivity contribution is 6.30. The summed E-state index contributed by atoms with van der Waals surface area (Å²) in [5, 5.41) is 19.8. The van der Waals surface area contributed by atoms with Crippen LogP contribution in [0.4, 0.5) is 5.69 Å². The van der Waals surface area contributed by atoms with Crippen molar-refractivity contribution in [1.82, 2.24) is 9.88 Å². The van der Waals surface area contributed by atoms with Gasteiger partial charge in [-0.15, -0.1) is 0 Å². The molecule has 23 heavy (non-hydrogen) atoms. The number of phenolic OH excluding ortho intramolecular Hbond substituents is 1. The van der Waals surface area contributed by atoms with Crippen LogP contribution >= 0.6 is 11.6 Å². The first-order valence-corrected chi connectivity index (χ1v) is 8.04. The molecule has 0 bridgehead atoms. The van der Waals surface area contributed by atoms with Crippen molar-refractivity contribution in [3.63, 3.8) is 0 Å². The lowest BCUT2D eigenvalue weighted by molar-refractivity contribution is 0.246. The summed E-state index contributed by atoms with van der Waals surface area (Å²) in [6.45, 7) is 4.26. The zero-order valence-corrected chi connectivity index (χ0v) is 13.6. The van der Waals surface area contributed by atoms with Crippen molar-refractivity contribution in [1.29, 1.82) is 0 Å². The largest absolute Gasteiger partial charge is 0.508 e. The third-order valence-electron chi connectivity index (χ3n) is 4.14. The Morgan fingerprint density at radius 2 is 1.87 bits per heavy atom. The number of halogens is 1. The molecule has 2 aromatic rings. The van der Waals surface area contributed by atoms with E-state index in [0.717, 1.165) is 37.4 Å². The van der Waals surface area contributed by atoms with Crippen LogP contribution in [-0.2, 0) is 13.2 Å². The molecule has 0 aliphatic carbocycles. The van der Waals surface area contributed by atoms with Gasteiger partial charge in [-0.2, -0.15) is 0 Å². The van der Waals surface area contributed by atoms with Gasteiger partial charge in [0.15, 0.2) is 0 Å². The second-order valence-electron chi connectivity index (χ2n) is 5.70. The van der Waals surface area contributed by atoms with Crippen LogP contribution in [0.3, 0.4) is 0 Å². The van der Waals surface area contributed by atoms with E-state index >= 15 is 0 Å². The topological polar surface area (TPSA) is 59.8 Å². The summed E-state index contributed by atoms with van der Waals surface area (Å²) in [6, 6.07) is 9.05. The number of phenols is 1. The molecule has 1 aliphatic heterocycles. The predicted molar refractivity (Wildman–Crippen MR) is 90.8 cm³/mol. The Hall–Kier alpha value is -1.82. The minimum Gasteiger partial charge on any atom is -0.508 e.